The van der Waals surface area contributed by atoms with Crippen molar-refractivity contribution < 1.29 is 24.1 Å². The Morgan fingerprint density at radius 1 is 1.27 bits per heavy atom. The Hall–Kier alpha value is -1.35. The van der Waals surface area contributed by atoms with Crippen molar-refractivity contribution in [3.63, 3.8) is 0 Å². The van der Waals surface area contributed by atoms with E-state index in [0.717, 1.165) is 16.0 Å². The van der Waals surface area contributed by atoms with Crippen molar-refractivity contribution in [2.75, 3.05) is 19.8 Å². The smallest absolute Gasteiger partial charge is 0.408 e. The minimum atomic E-state index is -0.661. The monoisotopic (exact) mass is 473 g/mol. The second-order valence-corrected chi connectivity index (χ2v) is 9.97. The van der Waals surface area contributed by atoms with E-state index in [4.69, 9.17) is 37.4 Å². The summed E-state index contributed by atoms with van der Waals surface area (Å²) >= 11 is 14.2. The van der Waals surface area contributed by atoms with E-state index in [0.29, 0.717) is 34.6 Å². The van der Waals surface area contributed by atoms with E-state index in [9.17, 15) is 9.90 Å². The van der Waals surface area contributed by atoms with Crippen LogP contribution in [0.4, 0.5) is 4.79 Å². The minimum absolute atomic E-state index is 0.0415. The highest BCUT2D eigenvalue weighted by Crippen LogP contribution is 2.41. The molecule has 2 aromatic rings. The molecule has 30 heavy (non-hydrogen) atoms. The molecule has 1 aliphatic rings. The highest BCUT2D eigenvalue weighted by atomic mass is 35.5. The fraction of sp³-hybridized carbons (Fsp3) is 0.476. The Bertz CT molecular complexity index is 890. The van der Waals surface area contributed by atoms with Crippen LogP contribution in [0, 0.1) is 0 Å². The molecule has 0 aliphatic carbocycles. The standard InChI is InChI=1S/C21H25Cl2NO5S/c1-21(2,3)29-20(26)24-17(14-10-13(22)5-4-12(14)6-7-25)15-11-16(30-18(15)23)19-27-8-9-28-19/h4-5,10-11,17,19,25H,6-9H2,1-3H3,(H,24,26). The second-order valence-electron chi connectivity index (χ2n) is 7.85. The van der Waals surface area contributed by atoms with Gasteiger partial charge in [-0.3, -0.25) is 0 Å². The molecule has 1 unspecified atom stereocenters. The Balaban J connectivity index is 2.02. The van der Waals surface area contributed by atoms with Crippen LogP contribution in [-0.4, -0.2) is 36.6 Å². The Kier molecular flexibility index (Phi) is 7.66. The fourth-order valence-corrected chi connectivity index (χ4v) is 4.70. The number of halogens is 2. The summed E-state index contributed by atoms with van der Waals surface area (Å²) in [4.78, 5) is 13.5. The lowest BCUT2D eigenvalue weighted by Gasteiger charge is -2.25. The molecule has 0 saturated carbocycles. The molecule has 1 saturated heterocycles. The van der Waals surface area contributed by atoms with Crippen LogP contribution in [-0.2, 0) is 20.6 Å². The van der Waals surface area contributed by atoms with Crippen LogP contribution in [0.15, 0.2) is 24.3 Å². The number of ether oxygens (including phenoxy) is 3. The molecule has 1 atom stereocenters. The molecule has 9 heteroatoms. The van der Waals surface area contributed by atoms with Crippen molar-refractivity contribution in [2.24, 2.45) is 0 Å². The zero-order valence-electron chi connectivity index (χ0n) is 17.0. The van der Waals surface area contributed by atoms with Gasteiger partial charge in [-0.05, 0) is 56.5 Å². The molecule has 164 valence electrons. The van der Waals surface area contributed by atoms with Gasteiger partial charge in [-0.25, -0.2) is 4.79 Å². The van der Waals surface area contributed by atoms with Gasteiger partial charge in [0.15, 0.2) is 6.29 Å². The number of hydrogen-bond acceptors (Lipinski definition) is 6. The van der Waals surface area contributed by atoms with E-state index in [2.05, 4.69) is 5.32 Å². The first-order valence-electron chi connectivity index (χ1n) is 9.59. The van der Waals surface area contributed by atoms with Gasteiger partial charge in [0.1, 0.15) is 5.60 Å². The number of carbonyl (C=O) groups excluding carboxylic acids is 1. The average molecular weight is 474 g/mol. The molecule has 0 bridgehead atoms. The Morgan fingerprint density at radius 2 is 1.97 bits per heavy atom. The number of hydrogen-bond donors (Lipinski definition) is 2. The molecule has 6 nitrogen and oxygen atoms in total. The second kappa shape index (κ2) is 9.85. The van der Waals surface area contributed by atoms with E-state index >= 15 is 0 Å². The molecular weight excluding hydrogens is 449 g/mol. The van der Waals surface area contributed by atoms with Gasteiger partial charge in [0.25, 0.3) is 0 Å². The van der Waals surface area contributed by atoms with Crippen LogP contribution < -0.4 is 5.32 Å². The molecule has 2 N–H and O–H groups in total. The van der Waals surface area contributed by atoms with Gasteiger partial charge in [-0.1, -0.05) is 29.3 Å². The van der Waals surface area contributed by atoms with Crippen LogP contribution in [0.5, 0.6) is 0 Å². The van der Waals surface area contributed by atoms with E-state index in [1.807, 2.05) is 12.1 Å². The molecule has 1 fully saturated rings. The van der Waals surface area contributed by atoms with Crippen molar-refractivity contribution in [3.8, 4) is 0 Å². The van der Waals surface area contributed by atoms with Crippen molar-refractivity contribution in [2.45, 2.75) is 45.1 Å². The first-order chi connectivity index (χ1) is 14.2. The lowest BCUT2D eigenvalue weighted by molar-refractivity contribution is -0.0413. The average Bonchev–Trinajstić information content (AvgIpc) is 3.30. The van der Waals surface area contributed by atoms with Gasteiger partial charge in [0, 0.05) is 17.2 Å². The molecule has 1 aromatic carbocycles. The summed E-state index contributed by atoms with van der Waals surface area (Å²) < 4.78 is 17.1. The third kappa shape index (κ3) is 5.87. The molecular formula is C21H25Cl2NO5S. The number of rotatable bonds is 6. The van der Waals surface area contributed by atoms with E-state index in [1.165, 1.54) is 11.3 Å². The first kappa shape index (κ1) is 23.3. The number of alkyl carbamates (subject to hydrolysis) is 1. The van der Waals surface area contributed by atoms with Crippen LogP contribution in [0.1, 0.15) is 54.7 Å². The SMILES string of the molecule is CC(C)(C)OC(=O)NC(c1cc(Cl)ccc1CCO)c1cc(C2OCCO2)sc1Cl. The van der Waals surface area contributed by atoms with Gasteiger partial charge >= 0.3 is 6.09 Å². The molecule has 0 spiro atoms. The predicted molar refractivity (Wildman–Crippen MR) is 117 cm³/mol. The maximum Gasteiger partial charge on any atom is 0.408 e. The number of aliphatic hydroxyl groups is 1. The van der Waals surface area contributed by atoms with Gasteiger partial charge in [0.2, 0.25) is 0 Å². The van der Waals surface area contributed by atoms with Gasteiger partial charge in [-0.2, -0.15) is 0 Å². The predicted octanol–water partition coefficient (Wildman–Crippen LogP) is 5.25. The number of amides is 1. The first-order valence-corrected chi connectivity index (χ1v) is 11.2. The number of benzene rings is 1. The highest BCUT2D eigenvalue weighted by Gasteiger charge is 2.29. The molecule has 3 rings (SSSR count). The summed E-state index contributed by atoms with van der Waals surface area (Å²) in [6, 6.07) is 6.60. The normalized spacial score (nSPS) is 15.9. The van der Waals surface area contributed by atoms with Crippen molar-refractivity contribution in [3.05, 3.63) is 55.2 Å². The summed E-state index contributed by atoms with van der Waals surface area (Å²) in [6.07, 6.45) is -0.651. The van der Waals surface area contributed by atoms with Crippen LogP contribution >= 0.6 is 34.5 Å². The lowest BCUT2D eigenvalue weighted by Crippen LogP contribution is -2.35. The van der Waals surface area contributed by atoms with Gasteiger partial charge < -0.3 is 24.6 Å². The van der Waals surface area contributed by atoms with Crippen LogP contribution in [0.25, 0.3) is 0 Å². The number of nitrogens with one attached hydrogen (secondary N) is 1. The number of thiophene rings is 1. The summed E-state index contributed by atoms with van der Waals surface area (Å²) in [6.45, 7) is 6.38. The summed E-state index contributed by atoms with van der Waals surface area (Å²) in [7, 11) is 0. The maximum absolute atomic E-state index is 12.6. The number of carbonyl (C=O) groups is 1. The molecule has 1 aromatic heterocycles. The zero-order valence-corrected chi connectivity index (χ0v) is 19.4. The van der Waals surface area contributed by atoms with Gasteiger partial charge in [0.05, 0.1) is 28.5 Å². The molecule has 0 radical (unpaired) electrons. The lowest BCUT2D eigenvalue weighted by atomic mass is 9.94. The largest absolute Gasteiger partial charge is 0.444 e. The third-order valence-corrected chi connectivity index (χ3v) is 6.00. The summed E-state index contributed by atoms with van der Waals surface area (Å²) in [5.41, 5.74) is 1.61. The highest BCUT2D eigenvalue weighted by molar-refractivity contribution is 7.16. The Labute approximate surface area is 190 Å². The fourth-order valence-electron chi connectivity index (χ4n) is 3.17. The minimum Gasteiger partial charge on any atom is -0.444 e. The maximum atomic E-state index is 12.6. The summed E-state index contributed by atoms with van der Waals surface area (Å²) in [5, 5.41) is 12.9. The van der Waals surface area contributed by atoms with E-state index < -0.39 is 24.0 Å². The number of aliphatic hydroxyl groups excluding tert-OH is 1. The van der Waals surface area contributed by atoms with Crippen LogP contribution in [0.2, 0.25) is 9.36 Å². The van der Waals surface area contributed by atoms with Crippen molar-refractivity contribution in [1.29, 1.82) is 0 Å². The zero-order chi connectivity index (χ0) is 21.9. The quantitative estimate of drug-likeness (QED) is 0.598. The van der Waals surface area contributed by atoms with Gasteiger partial charge in [-0.15, -0.1) is 11.3 Å². The van der Waals surface area contributed by atoms with E-state index in [-0.39, 0.29) is 6.61 Å². The summed E-state index contributed by atoms with van der Waals surface area (Å²) in [5.74, 6) is 0. The Morgan fingerprint density at radius 3 is 2.60 bits per heavy atom. The molecule has 1 aliphatic heterocycles. The third-order valence-electron chi connectivity index (χ3n) is 4.36. The van der Waals surface area contributed by atoms with Crippen molar-refractivity contribution >= 4 is 40.6 Å². The van der Waals surface area contributed by atoms with Crippen LogP contribution in [0.3, 0.4) is 0 Å². The molecule has 2 heterocycles. The topological polar surface area (TPSA) is 77.0 Å². The molecule has 1 amide bonds. The van der Waals surface area contributed by atoms with E-state index in [1.54, 1.807) is 32.9 Å². The van der Waals surface area contributed by atoms with Crippen molar-refractivity contribution in [1.82, 2.24) is 5.32 Å².